The number of sulfonamides is 1. The van der Waals surface area contributed by atoms with E-state index in [1.165, 1.54) is 31.2 Å². The number of benzene rings is 2. The van der Waals surface area contributed by atoms with Gasteiger partial charge in [-0.05, 0) is 62.1 Å². The quantitative estimate of drug-likeness (QED) is 0.738. The van der Waals surface area contributed by atoms with E-state index in [1.807, 2.05) is 31.2 Å². The third-order valence-corrected chi connectivity index (χ3v) is 6.83. The summed E-state index contributed by atoms with van der Waals surface area (Å²) in [5, 5.41) is 2.59. The summed E-state index contributed by atoms with van der Waals surface area (Å²) in [6, 6.07) is 12.9. The largest absolute Gasteiger partial charge is 0.334 e. The summed E-state index contributed by atoms with van der Waals surface area (Å²) in [5.41, 5.74) is 2.73. The Hall–Kier alpha value is -2.71. The number of likely N-dealkylation sites (tertiary alicyclic amines) is 1. The van der Waals surface area contributed by atoms with Crippen LogP contribution in [0, 0.1) is 6.92 Å². The molecule has 1 unspecified atom stereocenters. The molecule has 0 bridgehead atoms. The molecule has 1 saturated heterocycles. The smallest absolute Gasteiger partial charge is 0.241 e. The molecule has 160 valence electrons. The fourth-order valence-corrected chi connectivity index (χ4v) is 5.03. The van der Waals surface area contributed by atoms with Gasteiger partial charge in [-0.2, -0.15) is 4.72 Å². The van der Waals surface area contributed by atoms with Crippen molar-refractivity contribution in [3.63, 3.8) is 0 Å². The molecule has 1 heterocycles. The standard InChI is InChI=1S/C22H27N3O4S/c1-15-7-4-5-8-20(15)21-9-6-14-25(21)22(27)16(2)24-30(28,29)19-12-10-18(11-13-19)23-17(3)26/h4-5,7-8,10-13,16,21,24H,6,9,14H2,1-3H3,(H,23,26)/t16-,21?/m0/s1. The van der Waals surface area contributed by atoms with Crippen molar-refractivity contribution in [2.24, 2.45) is 0 Å². The average Bonchev–Trinajstić information content (AvgIpc) is 3.16. The minimum absolute atomic E-state index is 0.0353. The SMILES string of the molecule is CC(=O)Nc1ccc(S(=O)(=O)N[C@@H](C)C(=O)N2CCCC2c2ccccc2C)cc1. The minimum atomic E-state index is -3.88. The van der Waals surface area contributed by atoms with Crippen molar-refractivity contribution in [2.45, 2.75) is 50.6 Å². The van der Waals surface area contributed by atoms with Gasteiger partial charge in [0.05, 0.1) is 17.0 Å². The number of aryl methyl sites for hydroxylation is 1. The highest BCUT2D eigenvalue weighted by Gasteiger charge is 2.34. The number of anilines is 1. The lowest BCUT2D eigenvalue weighted by Gasteiger charge is -2.29. The van der Waals surface area contributed by atoms with E-state index in [4.69, 9.17) is 0 Å². The molecule has 0 aromatic heterocycles. The number of nitrogens with one attached hydrogen (secondary N) is 2. The molecule has 2 atom stereocenters. The van der Waals surface area contributed by atoms with Gasteiger partial charge in [0.25, 0.3) is 0 Å². The summed E-state index contributed by atoms with van der Waals surface area (Å²) in [6.07, 6.45) is 1.75. The third kappa shape index (κ3) is 4.88. The summed E-state index contributed by atoms with van der Waals surface area (Å²) in [7, 11) is -3.88. The van der Waals surface area contributed by atoms with Crippen LogP contribution >= 0.6 is 0 Å². The maximum Gasteiger partial charge on any atom is 0.241 e. The molecule has 2 aromatic rings. The molecule has 0 radical (unpaired) electrons. The van der Waals surface area contributed by atoms with Crippen LogP contribution in [0.25, 0.3) is 0 Å². The molecule has 0 saturated carbocycles. The predicted molar refractivity (Wildman–Crippen MR) is 115 cm³/mol. The Kier molecular flexibility index (Phi) is 6.58. The Labute approximate surface area is 177 Å². The average molecular weight is 430 g/mol. The Balaban J connectivity index is 1.72. The van der Waals surface area contributed by atoms with Crippen LogP contribution < -0.4 is 10.0 Å². The predicted octanol–water partition coefficient (Wildman–Crippen LogP) is 2.98. The zero-order chi connectivity index (χ0) is 21.9. The molecule has 7 nitrogen and oxygen atoms in total. The number of carbonyl (C=O) groups excluding carboxylic acids is 2. The van der Waals surface area contributed by atoms with E-state index < -0.39 is 16.1 Å². The number of amides is 2. The Morgan fingerprint density at radius 2 is 1.77 bits per heavy atom. The molecular weight excluding hydrogens is 402 g/mol. The van der Waals surface area contributed by atoms with Crippen LogP contribution in [0.4, 0.5) is 5.69 Å². The number of nitrogens with zero attached hydrogens (tertiary/aromatic N) is 1. The van der Waals surface area contributed by atoms with Crippen LogP contribution in [-0.2, 0) is 19.6 Å². The lowest BCUT2D eigenvalue weighted by atomic mass is 9.99. The minimum Gasteiger partial charge on any atom is -0.334 e. The molecule has 0 spiro atoms. The second-order valence-electron chi connectivity index (χ2n) is 7.59. The number of hydrogen-bond acceptors (Lipinski definition) is 4. The van der Waals surface area contributed by atoms with Gasteiger partial charge >= 0.3 is 0 Å². The zero-order valence-corrected chi connectivity index (χ0v) is 18.2. The van der Waals surface area contributed by atoms with E-state index >= 15 is 0 Å². The van der Waals surface area contributed by atoms with Gasteiger partial charge < -0.3 is 10.2 Å². The van der Waals surface area contributed by atoms with E-state index in [-0.39, 0.29) is 22.8 Å². The Morgan fingerprint density at radius 3 is 2.40 bits per heavy atom. The molecule has 3 rings (SSSR count). The van der Waals surface area contributed by atoms with Crippen molar-refractivity contribution in [3.05, 3.63) is 59.7 Å². The fraction of sp³-hybridized carbons (Fsp3) is 0.364. The topological polar surface area (TPSA) is 95.6 Å². The highest BCUT2D eigenvalue weighted by Crippen LogP contribution is 2.34. The summed E-state index contributed by atoms with van der Waals surface area (Å²) in [5.74, 6) is -0.476. The molecule has 0 aliphatic carbocycles. The molecule has 30 heavy (non-hydrogen) atoms. The first-order valence-corrected chi connectivity index (χ1v) is 11.4. The van der Waals surface area contributed by atoms with Gasteiger partial charge in [0.2, 0.25) is 21.8 Å². The number of carbonyl (C=O) groups is 2. The van der Waals surface area contributed by atoms with Gasteiger partial charge in [0, 0.05) is 19.2 Å². The molecule has 8 heteroatoms. The highest BCUT2D eigenvalue weighted by molar-refractivity contribution is 7.89. The van der Waals surface area contributed by atoms with Gasteiger partial charge in [0.15, 0.2) is 0 Å². The monoisotopic (exact) mass is 429 g/mol. The highest BCUT2D eigenvalue weighted by atomic mass is 32.2. The van der Waals surface area contributed by atoms with Gasteiger partial charge in [-0.1, -0.05) is 24.3 Å². The summed E-state index contributed by atoms with van der Waals surface area (Å²) in [6.45, 7) is 5.57. The maximum absolute atomic E-state index is 13.1. The van der Waals surface area contributed by atoms with Crippen molar-refractivity contribution in [2.75, 3.05) is 11.9 Å². The Bertz CT molecular complexity index is 1030. The zero-order valence-electron chi connectivity index (χ0n) is 17.4. The normalized spacial score (nSPS) is 17.6. The van der Waals surface area contributed by atoms with Gasteiger partial charge in [-0.25, -0.2) is 8.42 Å². The van der Waals surface area contributed by atoms with Gasteiger partial charge in [-0.3, -0.25) is 9.59 Å². The van der Waals surface area contributed by atoms with Crippen LogP contribution in [0.3, 0.4) is 0 Å². The van der Waals surface area contributed by atoms with Crippen molar-refractivity contribution < 1.29 is 18.0 Å². The number of hydrogen-bond donors (Lipinski definition) is 2. The second-order valence-corrected chi connectivity index (χ2v) is 9.31. The van der Waals surface area contributed by atoms with Gasteiger partial charge in [-0.15, -0.1) is 0 Å². The van der Waals surface area contributed by atoms with Crippen molar-refractivity contribution >= 4 is 27.5 Å². The van der Waals surface area contributed by atoms with Gasteiger partial charge in [0.1, 0.15) is 0 Å². The summed E-state index contributed by atoms with van der Waals surface area (Å²) < 4.78 is 28.0. The van der Waals surface area contributed by atoms with Crippen molar-refractivity contribution in [1.29, 1.82) is 0 Å². The van der Waals surface area contributed by atoms with E-state index in [0.29, 0.717) is 12.2 Å². The number of rotatable bonds is 6. The van der Waals surface area contributed by atoms with Crippen molar-refractivity contribution in [1.82, 2.24) is 9.62 Å². The lowest BCUT2D eigenvalue weighted by Crippen LogP contribution is -2.46. The molecule has 1 aliphatic rings. The first-order chi connectivity index (χ1) is 14.2. The molecule has 1 fully saturated rings. The third-order valence-electron chi connectivity index (χ3n) is 5.27. The second kappa shape index (κ2) is 8.97. The molecule has 1 aliphatic heterocycles. The lowest BCUT2D eigenvalue weighted by molar-refractivity contribution is -0.133. The van der Waals surface area contributed by atoms with Crippen LogP contribution in [0.1, 0.15) is 43.9 Å². The van der Waals surface area contributed by atoms with E-state index in [1.54, 1.807) is 11.8 Å². The Morgan fingerprint density at radius 1 is 1.10 bits per heavy atom. The molecule has 2 N–H and O–H groups in total. The van der Waals surface area contributed by atoms with E-state index in [9.17, 15) is 18.0 Å². The first kappa shape index (κ1) is 22.0. The first-order valence-electron chi connectivity index (χ1n) is 9.95. The molecule has 2 aromatic carbocycles. The van der Waals surface area contributed by atoms with E-state index in [2.05, 4.69) is 10.0 Å². The van der Waals surface area contributed by atoms with Crippen LogP contribution in [0.15, 0.2) is 53.4 Å². The summed E-state index contributed by atoms with van der Waals surface area (Å²) >= 11 is 0. The fourth-order valence-electron chi connectivity index (χ4n) is 3.84. The van der Waals surface area contributed by atoms with Crippen LogP contribution in [0.5, 0.6) is 0 Å². The molecule has 2 amide bonds. The summed E-state index contributed by atoms with van der Waals surface area (Å²) in [4.78, 5) is 26.0. The molecular formula is C22H27N3O4S. The maximum atomic E-state index is 13.1. The van der Waals surface area contributed by atoms with Crippen molar-refractivity contribution in [3.8, 4) is 0 Å². The van der Waals surface area contributed by atoms with E-state index in [0.717, 1.165) is 24.0 Å². The van der Waals surface area contributed by atoms with Crippen LogP contribution in [-0.4, -0.2) is 37.7 Å². The van der Waals surface area contributed by atoms with Crippen LogP contribution in [0.2, 0.25) is 0 Å².